The Hall–Kier alpha value is -3.33. The van der Waals surface area contributed by atoms with Gasteiger partial charge in [0, 0.05) is 18.4 Å². The number of nitrogens with one attached hydrogen (secondary N) is 1. The summed E-state index contributed by atoms with van der Waals surface area (Å²) in [5, 5.41) is 2.91. The number of nitrogens with two attached hydrogens (primary N) is 1. The van der Waals surface area contributed by atoms with Crippen LogP contribution in [0.5, 0.6) is 0 Å². The molecule has 0 amide bonds. The Balaban J connectivity index is 2.25. The summed E-state index contributed by atoms with van der Waals surface area (Å²) in [7, 11) is 1.46. The molecule has 30 heavy (non-hydrogen) atoms. The Bertz CT molecular complexity index is 964. The van der Waals surface area contributed by atoms with Gasteiger partial charge in [0.1, 0.15) is 29.3 Å². The van der Waals surface area contributed by atoms with E-state index in [1.807, 2.05) is 0 Å². The van der Waals surface area contributed by atoms with Crippen LogP contribution in [0.1, 0.15) is 26.3 Å². The second-order valence-corrected chi connectivity index (χ2v) is 7.11. The minimum absolute atomic E-state index is 0.0392. The summed E-state index contributed by atoms with van der Waals surface area (Å²) in [6.07, 6.45) is -0.457. The van der Waals surface area contributed by atoms with Crippen LogP contribution in [0.4, 0.5) is 5.69 Å². The zero-order chi connectivity index (χ0) is 22.1. The lowest BCUT2D eigenvalue weighted by Crippen LogP contribution is -2.48. The molecule has 9 heteroatoms. The van der Waals surface area contributed by atoms with E-state index >= 15 is 0 Å². The van der Waals surface area contributed by atoms with Crippen molar-refractivity contribution in [3.05, 3.63) is 52.6 Å². The van der Waals surface area contributed by atoms with E-state index in [0.29, 0.717) is 11.3 Å². The lowest BCUT2D eigenvalue weighted by molar-refractivity contribution is -0.148. The van der Waals surface area contributed by atoms with Gasteiger partial charge in [0.05, 0.1) is 12.7 Å². The van der Waals surface area contributed by atoms with Gasteiger partial charge < -0.3 is 30.0 Å². The number of hydrogen-bond acceptors (Lipinski definition) is 9. The van der Waals surface area contributed by atoms with Crippen LogP contribution in [0, 0.1) is 0 Å². The molecule has 9 nitrogen and oxygen atoms in total. The van der Waals surface area contributed by atoms with Crippen molar-refractivity contribution >= 4 is 23.6 Å². The summed E-state index contributed by atoms with van der Waals surface area (Å²) in [5.74, 6) is -2.55. The average molecular weight is 416 g/mol. The number of benzene rings is 1. The van der Waals surface area contributed by atoms with Gasteiger partial charge in [-0.2, -0.15) is 0 Å². The fourth-order valence-corrected chi connectivity index (χ4v) is 3.69. The molecule has 1 aromatic rings. The van der Waals surface area contributed by atoms with Crippen LogP contribution < -0.4 is 11.1 Å². The molecule has 0 unspecified atom stereocenters. The van der Waals surface area contributed by atoms with Gasteiger partial charge in [-0.15, -0.1) is 0 Å². The molecule has 1 spiro atoms. The van der Waals surface area contributed by atoms with Crippen molar-refractivity contribution in [3.8, 4) is 0 Å². The first-order valence-corrected chi connectivity index (χ1v) is 9.42. The molecule has 2 heterocycles. The van der Waals surface area contributed by atoms with Crippen molar-refractivity contribution in [2.24, 2.45) is 5.73 Å². The van der Waals surface area contributed by atoms with Crippen molar-refractivity contribution in [1.82, 2.24) is 0 Å². The number of cyclic esters (lactones) is 1. The first-order valence-electron chi connectivity index (χ1n) is 9.42. The van der Waals surface area contributed by atoms with Gasteiger partial charge in [-0.25, -0.2) is 14.4 Å². The molecule has 1 atom stereocenters. The Morgan fingerprint density at radius 1 is 1.17 bits per heavy atom. The molecule has 0 aliphatic carbocycles. The van der Waals surface area contributed by atoms with Gasteiger partial charge in [0.25, 0.3) is 0 Å². The van der Waals surface area contributed by atoms with Crippen LogP contribution in [-0.2, 0) is 38.7 Å². The van der Waals surface area contributed by atoms with Gasteiger partial charge in [-0.05, 0) is 26.8 Å². The van der Waals surface area contributed by atoms with Crippen molar-refractivity contribution in [1.29, 1.82) is 0 Å². The summed E-state index contributed by atoms with van der Waals surface area (Å²) < 4.78 is 20.9. The molecule has 0 saturated heterocycles. The number of carbonyl (C=O) groups is 3. The second kappa shape index (κ2) is 8.19. The summed E-state index contributed by atoms with van der Waals surface area (Å²) in [6.45, 7) is 4.92. The third-order valence-electron chi connectivity index (χ3n) is 4.80. The van der Waals surface area contributed by atoms with Crippen LogP contribution in [-0.4, -0.2) is 44.3 Å². The SMILES string of the molecule is COCCOC(=O)C1=C(N)Nc2ccccc2[C@@]12C(=O)OC(C)=C2C(=O)OC(C)C. The van der Waals surface area contributed by atoms with Crippen LogP contribution >= 0.6 is 0 Å². The van der Waals surface area contributed by atoms with Gasteiger partial charge in [0.15, 0.2) is 5.41 Å². The fourth-order valence-electron chi connectivity index (χ4n) is 3.69. The molecule has 0 fully saturated rings. The van der Waals surface area contributed by atoms with E-state index in [9.17, 15) is 14.4 Å². The number of hydrogen-bond donors (Lipinski definition) is 2. The van der Waals surface area contributed by atoms with E-state index in [1.165, 1.54) is 14.0 Å². The van der Waals surface area contributed by atoms with E-state index in [1.54, 1.807) is 38.1 Å². The maximum atomic E-state index is 13.3. The third kappa shape index (κ3) is 3.30. The summed E-state index contributed by atoms with van der Waals surface area (Å²) in [5.41, 5.74) is 4.75. The maximum Gasteiger partial charge on any atom is 0.339 e. The predicted molar refractivity (Wildman–Crippen MR) is 106 cm³/mol. The largest absolute Gasteiger partial charge is 0.460 e. The lowest BCUT2D eigenvalue weighted by Gasteiger charge is -2.36. The Morgan fingerprint density at radius 3 is 2.53 bits per heavy atom. The minimum atomic E-state index is -1.91. The Morgan fingerprint density at radius 2 is 1.87 bits per heavy atom. The van der Waals surface area contributed by atoms with Crippen LogP contribution in [0.15, 0.2) is 47.0 Å². The van der Waals surface area contributed by atoms with Gasteiger partial charge in [-0.1, -0.05) is 18.2 Å². The Kier molecular flexibility index (Phi) is 5.84. The molecule has 1 aromatic carbocycles. The Labute approximate surface area is 173 Å². The van der Waals surface area contributed by atoms with Gasteiger partial charge in [0.2, 0.25) is 0 Å². The predicted octanol–water partition coefficient (Wildman–Crippen LogP) is 1.49. The number of fused-ring (bicyclic) bond motifs is 2. The summed E-state index contributed by atoms with van der Waals surface area (Å²) in [6, 6.07) is 6.73. The highest BCUT2D eigenvalue weighted by atomic mass is 16.6. The number of esters is 3. The van der Waals surface area contributed by atoms with Crippen molar-refractivity contribution < 1.29 is 33.3 Å². The van der Waals surface area contributed by atoms with E-state index < -0.39 is 29.4 Å². The fraction of sp³-hybridized carbons (Fsp3) is 0.381. The average Bonchev–Trinajstić information content (AvgIpc) is 2.92. The zero-order valence-electron chi connectivity index (χ0n) is 17.2. The topological polar surface area (TPSA) is 126 Å². The molecule has 0 bridgehead atoms. The highest BCUT2D eigenvalue weighted by Gasteiger charge is 2.62. The van der Waals surface area contributed by atoms with Crippen molar-refractivity contribution in [2.45, 2.75) is 32.3 Å². The smallest absolute Gasteiger partial charge is 0.339 e. The highest BCUT2D eigenvalue weighted by molar-refractivity contribution is 6.15. The van der Waals surface area contributed by atoms with E-state index in [2.05, 4.69) is 5.32 Å². The number of methoxy groups -OCH3 is 1. The second-order valence-electron chi connectivity index (χ2n) is 7.11. The molecule has 0 radical (unpaired) electrons. The van der Waals surface area contributed by atoms with Crippen LogP contribution in [0.3, 0.4) is 0 Å². The molecule has 2 aliphatic heterocycles. The molecule has 160 valence electrons. The molecular formula is C21H24N2O7. The quantitative estimate of drug-likeness (QED) is 0.403. The highest BCUT2D eigenvalue weighted by Crippen LogP contribution is 2.52. The van der Waals surface area contributed by atoms with Crippen molar-refractivity contribution in [2.75, 3.05) is 25.6 Å². The molecule has 3 rings (SSSR count). The monoisotopic (exact) mass is 416 g/mol. The van der Waals surface area contributed by atoms with E-state index in [0.717, 1.165) is 0 Å². The maximum absolute atomic E-state index is 13.3. The number of ether oxygens (including phenoxy) is 4. The number of carbonyl (C=O) groups excluding carboxylic acids is 3. The first kappa shape index (κ1) is 21.4. The third-order valence-corrected chi connectivity index (χ3v) is 4.80. The minimum Gasteiger partial charge on any atom is -0.460 e. The number of allylic oxidation sites excluding steroid dienone is 1. The first-order chi connectivity index (χ1) is 14.2. The van der Waals surface area contributed by atoms with Crippen LogP contribution in [0.25, 0.3) is 0 Å². The van der Waals surface area contributed by atoms with E-state index in [-0.39, 0.29) is 35.9 Å². The standard InChI is InChI=1S/C21H24N2O7/c1-11(2)29-19(25)15-12(3)30-20(26)21(15)13-7-5-6-8-14(13)23-17(22)16(21)18(24)28-10-9-27-4/h5-8,11,23H,9-10,22H2,1-4H3/t21-/m0/s1. The molecule has 0 saturated carbocycles. The lowest BCUT2D eigenvalue weighted by atomic mass is 9.67. The zero-order valence-corrected chi connectivity index (χ0v) is 17.2. The van der Waals surface area contributed by atoms with Crippen LogP contribution in [0.2, 0.25) is 0 Å². The molecule has 2 aliphatic rings. The van der Waals surface area contributed by atoms with Gasteiger partial charge >= 0.3 is 17.9 Å². The van der Waals surface area contributed by atoms with E-state index in [4.69, 9.17) is 24.7 Å². The molecule has 3 N–H and O–H groups in total. The van der Waals surface area contributed by atoms with Crippen molar-refractivity contribution in [3.63, 3.8) is 0 Å². The summed E-state index contributed by atoms with van der Waals surface area (Å²) >= 11 is 0. The van der Waals surface area contributed by atoms with Gasteiger partial charge in [-0.3, -0.25) is 0 Å². The number of anilines is 1. The number of rotatable bonds is 6. The number of para-hydroxylation sites is 1. The molecule has 0 aromatic heterocycles. The normalized spacial score (nSPS) is 20.2. The summed E-state index contributed by atoms with van der Waals surface area (Å²) in [4.78, 5) is 39.4. The molecular weight excluding hydrogens is 392 g/mol.